The molecule has 0 aromatic heterocycles. The standard InChI is InChI=1S/C13H14ClFN2O3/c14-9-5-8(1-2-10(9)15)6-16-12(20)17-7-13(3-4-13)11(18)19/h1-2,5H,3-4,6-7H2,(H,18,19)(H2,16,17,20). The van der Waals surface area contributed by atoms with Crippen LogP contribution in [0, 0.1) is 11.2 Å². The van der Waals surface area contributed by atoms with Gasteiger partial charge in [-0.05, 0) is 30.5 Å². The van der Waals surface area contributed by atoms with Crippen LogP contribution in [0.15, 0.2) is 18.2 Å². The van der Waals surface area contributed by atoms with E-state index in [2.05, 4.69) is 10.6 Å². The fraction of sp³-hybridized carbons (Fsp3) is 0.385. The van der Waals surface area contributed by atoms with Crippen molar-refractivity contribution in [3.05, 3.63) is 34.6 Å². The van der Waals surface area contributed by atoms with E-state index in [0.717, 1.165) is 0 Å². The van der Waals surface area contributed by atoms with E-state index in [1.54, 1.807) is 0 Å². The molecule has 1 aliphatic rings. The number of carboxylic acids is 1. The third-order valence-electron chi connectivity index (χ3n) is 3.33. The van der Waals surface area contributed by atoms with E-state index < -0.39 is 23.2 Å². The average molecular weight is 301 g/mol. The zero-order valence-electron chi connectivity index (χ0n) is 10.6. The topological polar surface area (TPSA) is 78.4 Å². The molecule has 1 fully saturated rings. The first-order chi connectivity index (χ1) is 9.43. The molecule has 1 aromatic rings. The van der Waals surface area contributed by atoms with Crippen molar-refractivity contribution in [2.45, 2.75) is 19.4 Å². The molecule has 0 saturated heterocycles. The number of aliphatic carboxylic acids is 1. The molecule has 108 valence electrons. The van der Waals surface area contributed by atoms with Gasteiger partial charge in [-0.25, -0.2) is 9.18 Å². The maximum Gasteiger partial charge on any atom is 0.315 e. The third-order valence-corrected chi connectivity index (χ3v) is 3.62. The van der Waals surface area contributed by atoms with Crippen LogP contribution in [-0.2, 0) is 11.3 Å². The monoisotopic (exact) mass is 300 g/mol. The number of carbonyl (C=O) groups is 2. The molecule has 1 aliphatic carbocycles. The van der Waals surface area contributed by atoms with Gasteiger partial charge in [-0.1, -0.05) is 17.7 Å². The number of hydrogen-bond donors (Lipinski definition) is 3. The summed E-state index contributed by atoms with van der Waals surface area (Å²) in [5.74, 6) is -1.40. The Labute approximate surface area is 120 Å². The van der Waals surface area contributed by atoms with Crippen LogP contribution in [0.2, 0.25) is 5.02 Å². The predicted molar refractivity (Wildman–Crippen MR) is 71.0 cm³/mol. The highest BCUT2D eigenvalue weighted by Crippen LogP contribution is 2.45. The Kier molecular flexibility index (Phi) is 4.13. The van der Waals surface area contributed by atoms with E-state index >= 15 is 0 Å². The molecule has 0 atom stereocenters. The summed E-state index contributed by atoms with van der Waals surface area (Å²) in [7, 11) is 0. The molecular weight excluding hydrogens is 287 g/mol. The second kappa shape index (κ2) is 5.66. The minimum absolute atomic E-state index is 0.00693. The second-order valence-electron chi connectivity index (χ2n) is 4.87. The average Bonchev–Trinajstić information content (AvgIpc) is 3.19. The van der Waals surface area contributed by atoms with E-state index in [1.807, 2.05) is 0 Å². The Bertz CT molecular complexity index is 546. The van der Waals surface area contributed by atoms with Crippen LogP contribution in [0.4, 0.5) is 9.18 Å². The number of carboxylic acid groups (broad SMARTS) is 1. The summed E-state index contributed by atoms with van der Waals surface area (Å²) in [5, 5.41) is 14.0. The first-order valence-electron chi connectivity index (χ1n) is 6.12. The van der Waals surface area contributed by atoms with Crippen LogP contribution >= 0.6 is 11.6 Å². The Morgan fingerprint density at radius 1 is 1.35 bits per heavy atom. The lowest BCUT2D eigenvalue weighted by atomic mass is 10.1. The van der Waals surface area contributed by atoms with Gasteiger partial charge in [-0.3, -0.25) is 4.79 Å². The number of carbonyl (C=O) groups excluding carboxylic acids is 1. The highest BCUT2D eigenvalue weighted by Gasteiger charge is 2.50. The van der Waals surface area contributed by atoms with Crippen molar-refractivity contribution in [1.29, 1.82) is 0 Å². The molecule has 0 bridgehead atoms. The summed E-state index contributed by atoms with van der Waals surface area (Å²) in [6.07, 6.45) is 1.16. The summed E-state index contributed by atoms with van der Waals surface area (Å²) in [4.78, 5) is 22.5. The number of rotatable bonds is 5. The lowest BCUT2D eigenvalue weighted by Crippen LogP contribution is -2.40. The lowest BCUT2D eigenvalue weighted by Gasteiger charge is -2.12. The van der Waals surface area contributed by atoms with Crippen LogP contribution < -0.4 is 10.6 Å². The molecule has 0 unspecified atom stereocenters. The van der Waals surface area contributed by atoms with Gasteiger partial charge in [0.1, 0.15) is 5.82 Å². The minimum Gasteiger partial charge on any atom is -0.481 e. The Morgan fingerprint density at radius 2 is 2.05 bits per heavy atom. The molecule has 0 radical (unpaired) electrons. The molecule has 0 heterocycles. The molecule has 20 heavy (non-hydrogen) atoms. The number of hydrogen-bond acceptors (Lipinski definition) is 2. The number of urea groups is 1. The fourth-order valence-corrected chi connectivity index (χ4v) is 1.96. The van der Waals surface area contributed by atoms with Gasteiger partial charge in [-0.15, -0.1) is 0 Å². The molecule has 1 aromatic carbocycles. The van der Waals surface area contributed by atoms with Crippen LogP contribution in [0.1, 0.15) is 18.4 Å². The predicted octanol–water partition coefficient (Wildman–Crippen LogP) is 2.14. The Morgan fingerprint density at radius 3 is 2.60 bits per heavy atom. The lowest BCUT2D eigenvalue weighted by molar-refractivity contribution is -0.143. The maximum atomic E-state index is 12.9. The van der Waals surface area contributed by atoms with Gasteiger partial charge >= 0.3 is 12.0 Å². The van der Waals surface area contributed by atoms with Gasteiger partial charge in [0.25, 0.3) is 0 Å². The third kappa shape index (κ3) is 3.39. The van der Waals surface area contributed by atoms with Crippen molar-refractivity contribution >= 4 is 23.6 Å². The van der Waals surface area contributed by atoms with Gasteiger partial charge in [0.05, 0.1) is 10.4 Å². The minimum atomic E-state index is -0.886. The van der Waals surface area contributed by atoms with Crippen molar-refractivity contribution < 1.29 is 19.1 Å². The summed E-state index contributed by atoms with van der Waals surface area (Å²) < 4.78 is 12.9. The van der Waals surface area contributed by atoms with Crippen LogP contribution in [0.5, 0.6) is 0 Å². The highest BCUT2D eigenvalue weighted by molar-refractivity contribution is 6.30. The van der Waals surface area contributed by atoms with Gasteiger partial charge < -0.3 is 15.7 Å². The van der Waals surface area contributed by atoms with Gasteiger partial charge in [0, 0.05) is 13.1 Å². The van der Waals surface area contributed by atoms with E-state index in [0.29, 0.717) is 18.4 Å². The SMILES string of the molecule is O=C(NCc1ccc(F)c(Cl)c1)NCC1(C(=O)O)CC1. The van der Waals surface area contributed by atoms with Crippen molar-refractivity contribution in [2.24, 2.45) is 5.41 Å². The first-order valence-corrected chi connectivity index (χ1v) is 6.50. The zero-order chi connectivity index (χ0) is 14.8. The van der Waals surface area contributed by atoms with Crippen molar-refractivity contribution in [3.8, 4) is 0 Å². The molecule has 5 nitrogen and oxygen atoms in total. The largest absolute Gasteiger partial charge is 0.481 e. The number of halogens is 2. The quantitative estimate of drug-likeness (QED) is 0.779. The second-order valence-corrected chi connectivity index (χ2v) is 5.28. The van der Waals surface area contributed by atoms with Crippen LogP contribution in [-0.4, -0.2) is 23.7 Å². The van der Waals surface area contributed by atoms with Crippen molar-refractivity contribution in [1.82, 2.24) is 10.6 Å². The molecule has 0 aliphatic heterocycles. The summed E-state index contributed by atoms with van der Waals surface area (Å²) in [5.41, 5.74) is -0.137. The maximum absolute atomic E-state index is 12.9. The summed E-state index contributed by atoms with van der Waals surface area (Å²) in [6, 6.07) is 3.71. The van der Waals surface area contributed by atoms with Crippen LogP contribution in [0.3, 0.4) is 0 Å². The highest BCUT2D eigenvalue weighted by atomic mass is 35.5. The number of nitrogens with one attached hydrogen (secondary N) is 2. The normalized spacial score (nSPS) is 15.5. The van der Waals surface area contributed by atoms with Crippen LogP contribution in [0.25, 0.3) is 0 Å². The number of amides is 2. The van der Waals surface area contributed by atoms with E-state index in [9.17, 15) is 14.0 Å². The molecule has 7 heteroatoms. The molecule has 3 N–H and O–H groups in total. The molecule has 0 spiro atoms. The van der Waals surface area contributed by atoms with E-state index in [1.165, 1.54) is 18.2 Å². The Balaban J connectivity index is 1.78. The molecule has 1 saturated carbocycles. The smallest absolute Gasteiger partial charge is 0.315 e. The fourth-order valence-electron chi connectivity index (χ4n) is 1.76. The Hall–Kier alpha value is -1.82. The molecular formula is C13H14ClFN2O3. The molecule has 2 rings (SSSR count). The van der Waals surface area contributed by atoms with Crippen molar-refractivity contribution in [3.63, 3.8) is 0 Å². The first kappa shape index (κ1) is 14.6. The van der Waals surface area contributed by atoms with E-state index in [-0.39, 0.29) is 18.1 Å². The number of benzene rings is 1. The summed E-state index contributed by atoms with van der Waals surface area (Å²) in [6.45, 7) is 0.296. The zero-order valence-corrected chi connectivity index (χ0v) is 11.3. The summed E-state index contributed by atoms with van der Waals surface area (Å²) >= 11 is 5.62. The van der Waals surface area contributed by atoms with Crippen molar-refractivity contribution in [2.75, 3.05) is 6.54 Å². The van der Waals surface area contributed by atoms with Gasteiger partial charge in [0.15, 0.2) is 0 Å². The van der Waals surface area contributed by atoms with E-state index in [4.69, 9.17) is 16.7 Å². The molecule has 2 amide bonds. The van der Waals surface area contributed by atoms with Gasteiger partial charge in [0.2, 0.25) is 0 Å². The van der Waals surface area contributed by atoms with Gasteiger partial charge in [-0.2, -0.15) is 0 Å².